The van der Waals surface area contributed by atoms with Crippen molar-refractivity contribution in [3.8, 4) is 5.75 Å². The summed E-state index contributed by atoms with van der Waals surface area (Å²) in [6, 6.07) is 13.5. The number of halogens is 1. The van der Waals surface area contributed by atoms with E-state index in [-0.39, 0.29) is 22.9 Å². The minimum atomic E-state index is -0.262. The minimum Gasteiger partial charge on any atom is -0.330 e. The highest BCUT2D eigenvalue weighted by atomic mass is 19.3. The summed E-state index contributed by atoms with van der Waals surface area (Å²) in [7, 11) is 4.26. The Morgan fingerprint density at radius 1 is 1.11 bits per heavy atom. The van der Waals surface area contributed by atoms with Crippen LogP contribution in [-0.4, -0.2) is 42.1 Å². The fraction of sp³-hybridized carbons (Fsp3) is 0.429. The molecule has 28 heavy (non-hydrogen) atoms. The Bertz CT molecular complexity index is 833. The third kappa shape index (κ3) is 3.09. The minimum absolute atomic E-state index is 0.0226. The first-order chi connectivity index (χ1) is 13.5. The fourth-order valence-corrected chi connectivity index (χ4v) is 4.64. The quantitative estimate of drug-likeness (QED) is 0.874. The van der Waals surface area contributed by atoms with Crippen LogP contribution in [0.15, 0.2) is 48.7 Å². The Hall–Kier alpha value is -2.67. The van der Waals surface area contributed by atoms with Gasteiger partial charge in [-0.25, -0.2) is 9.78 Å². The van der Waals surface area contributed by atoms with Gasteiger partial charge in [-0.2, -0.15) is 0 Å². The molecule has 2 aromatic rings. The van der Waals surface area contributed by atoms with Gasteiger partial charge in [0.1, 0.15) is 5.82 Å². The second kappa shape index (κ2) is 7.05. The molecule has 4 rings (SSSR count). The van der Waals surface area contributed by atoms with Crippen molar-refractivity contribution in [1.29, 1.82) is 0 Å². The summed E-state index contributed by atoms with van der Waals surface area (Å²) < 4.78 is 12.2. The zero-order valence-electron chi connectivity index (χ0n) is 16.2. The van der Waals surface area contributed by atoms with Gasteiger partial charge in [0.05, 0.1) is 18.3 Å². The summed E-state index contributed by atoms with van der Waals surface area (Å²) in [6.45, 7) is 0.562. The number of nitrogens with zero attached hydrogens (tertiary/aromatic N) is 3. The Balaban J connectivity index is 1.53. The number of hydrogen-bond acceptors (Lipinski definition) is 4. The molecule has 0 atom stereocenters. The van der Waals surface area contributed by atoms with E-state index in [2.05, 4.69) is 58.5 Å². The van der Waals surface area contributed by atoms with Crippen molar-refractivity contribution in [2.45, 2.75) is 36.8 Å². The van der Waals surface area contributed by atoms with Crippen LogP contribution in [0.3, 0.4) is 0 Å². The van der Waals surface area contributed by atoms with E-state index in [0.29, 0.717) is 12.4 Å². The molecule has 2 fully saturated rings. The summed E-state index contributed by atoms with van der Waals surface area (Å²) in [5.74, 6) is 0.525. The lowest BCUT2D eigenvalue weighted by molar-refractivity contribution is -0.00661. The van der Waals surface area contributed by atoms with Gasteiger partial charge in [-0.05, 0) is 57.5 Å². The molecule has 1 aliphatic carbocycles. The number of rotatable bonds is 4. The molecule has 1 aromatic heterocycles. The van der Waals surface area contributed by atoms with Crippen molar-refractivity contribution in [1.82, 2.24) is 15.2 Å². The van der Waals surface area contributed by atoms with Gasteiger partial charge in [-0.15, -0.1) is 0 Å². The van der Waals surface area contributed by atoms with Crippen LogP contribution in [0.25, 0.3) is 0 Å². The molecule has 2 amide bonds. The largest absolute Gasteiger partial charge is 0.330 e. The Labute approximate surface area is 164 Å². The van der Waals surface area contributed by atoms with E-state index >= 15 is 0 Å². The van der Waals surface area contributed by atoms with Gasteiger partial charge in [0.2, 0.25) is 0 Å². The second-order valence-corrected chi connectivity index (χ2v) is 8.02. The topological polar surface area (TPSA) is 57.7 Å². The van der Waals surface area contributed by atoms with Gasteiger partial charge in [-0.3, -0.25) is 14.7 Å². The van der Waals surface area contributed by atoms with Gasteiger partial charge in [0.15, 0.2) is 5.75 Å². The first kappa shape index (κ1) is 18.7. The molecule has 1 saturated carbocycles. The van der Waals surface area contributed by atoms with Crippen LogP contribution in [0.4, 0.5) is 15.1 Å². The number of anilines is 1. The number of hydrogen-bond donors (Lipinski definition) is 1. The molecule has 7 heteroatoms. The molecule has 2 heterocycles. The third-order valence-electron chi connectivity index (χ3n) is 6.37. The molecular weight excluding hydrogens is 359 g/mol. The number of nitrogens with one attached hydrogen (secondary N) is 1. The van der Waals surface area contributed by atoms with Crippen LogP contribution < -0.4 is 15.2 Å². The van der Waals surface area contributed by atoms with E-state index in [1.807, 2.05) is 6.07 Å². The van der Waals surface area contributed by atoms with Gasteiger partial charge < -0.3 is 5.32 Å². The maximum Gasteiger partial charge on any atom is 0.323 e. The average molecular weight is 384 g/mol. The van der Waals surface area contributed by atoms with Crippen molar-refractivity contribution in [3.63, 3.8) is 0 Å². The van der Waals surface area contributed by atoms with Crippen molar-refractivity contribution < 1.29 is 14.3 Å². The molecule has 1 aromatic carbocycles. The van der Waals surface area contributed by atoms with E-state index in [0.717, 1.165) is 25.7 Å². The maximum atomic E-state index is 12.6. The van der Waals surface area contributed by atoms with E-state index in [1.54, 1.807) is 11.0 Å². The van der Waals surface area contributed by atoms with Crippen molar-refractivity contribution in [3.05, 3.63) is 54.2 Å². The fourth-order valence-electron chi connectivity index (χ4n) is 4.64. The number of benzene rings is 1. The van der Waals surface area contributed by atoms with Gasteiger partial charge in [0.25, 0.3) is 0 Å². The van der Waals surface area contributed by atoms with Crippen LogP contribution >= 0.6 is 0 Å². The summed E-state index contributed by atoms with van der Waals surface area (Å²) >= 11 is 0. The summed E-state index contributed by atoms with van der Waals surface area (Å²) in [5, 5.41) is 3.20. The molecule has 1 aliphatic heterocycles. The van der Waals surface area contributed by atoms with Crippen molar-refractivity contribution in [2.24, 2.45) is 0 Å². The molecule has 148 valence electrons. The number of amides is 2. The molecule has 0 radical (unpaired) electrons. The Morgan fingerprint density at radius 3 is 2.39 bits per heavy atom. The first-order valence-electron chi connectivity index (χ1n) is 9.55. The van der Waals surface area contributed by atoms with Gasteiger partial charge >= 0.3 is 6.03 Å². The van der Waals surface area contributed by atoms with Crippen LogP contribution in [0.5, 0.6) is 5.75 Å². The highest BCUT2D eigenvalue weighted by molar-refractivity contribution is 5.94. The normalized spacial score (nSPS) is 27.3. The zero-order valence-corrected chi connectivity index (χ0v) is 16.2. The van der Waals surface area contributed by atoms with Crippen LogP contribution in [0, 0.1) is 0 Å². The number of carbonyl (C=O) groups is 1. The molecule has 1 spiro atoms. The van der Waals surface area contributed by atoms with Crippen LogP contribution in [0.2, 0.25) is 0 Å². The Morgan fingerprint density at radius 2 is 1.82 bits per heavy atom. The molecule has 1 saturated heterocycles. The monoisotopic (exact) mass is 384 g/mol. The lowest BCUT2D eigenvalue weighted by Gasteiger charge is -2.48. The molecule has 0 unspecified atom stereocenters. The third-order valence-corrected chi connectivity index (χ3v) is 6.37. The summed E-state index contributed by atoms with van der Waals surface area (Å²) in [6.07, 6.45) is 4.96. The van der Waals surface area contributed by atoms with Gasteiger partial charge in [-0.1, -0.05) is 30.3 Å². The molecular formula is C21H25FN4O2. The highest BCUT2D eigenvalue weighted by Crippen LogP contribution is 2.46. The van der Waals surface area contributed by atoms with Crippen LogP contribution in [-0.2, 0) is 5.54 Å². The first-order valence-corrected chi connectivity index (χ1v) is 9.55. The standard InChI is InChI=1S/C21H25FN4O2/c1-25(2)21(16-6-4-3-5-7-16)12-10-20(11-13-21)15-26(19(27)24-20)18-9-8-17(28-22)14-23-18/h3-9,14H,10-13,15H2,1-2H3,(H,24,27). The van der Waals surface area contributed by atoms with E-state index in [9.17, 15) is 9.32 Å². The summed E-state index contributed by atoms with van der Waals surface area (Å²) in [5.41, 5.74) is 1.03. The number of pyridine rings is 1. The van der Waals surface area contributed by atoms with E-state index in [4.69, 9.17) is 0 Å². The van der Waals surface area contributed by atoms with Crippen molar-refractivity contribution >= 4 is 11.8 Å². The van der Waals surface area contributed by atoms with E-state index in [1.165, 1.54) is 17.8 Å². The molecule has 1 N–H and O–H groups in total. The zero-order chi connectivity index (χ0) is 19.8. The smallest absolute Gasteiger partial charge is 0.323 e. The maximum absolute atomic E-state index is 12.6. The lowest BCUT2D eigenvalue weighted by atomic mass is 9.69. The number of carbonyl (C=O) groups excluding carboxylic acids is 1. The molecule has 6 nitrogen and oxygen atoms in total. The van der Waals surface area contributed by atoms with Crippen LogP contribution in [0.1, 0.15) is 31.2 Å². The average Bonchev–Trinajstić information content (AvgIpc) is 3.05. The molecule has 0 bridgehead atoms. The highest BCUT2D eigenvalue weighted by Gasteiger charge is 2.50. The lowest BCUT2D eigenvalue weighted by Crippen LogP contribution is -2.54. The molecule has 2 aliphatic rings. The predicted octanol–water partition coefficient (Wildman–Crippen LogP) is 3.64. The SMILES string of the molecule is CN(C)C1(c2ccccc2)CCC2(CC1)CN(c1ccc(OF)cn1)C(=O)N2. The predicted molar refractivity (Wildman–Crippen MR) is 105 cm³/mol. The summed E-state index contributed by atoms with van der Waals surface area (Å²) in [4.78, 5) is 24.4. The van der Waals surface area contributed by atoms with Crippen molar-refractivity contribution in [2.75, 3.05) is 25.5 Å². The number of aromatic nitrogens is 1. The van der Waals surface area contributed by atoms with E-state index < -0.39 is 0 Å². The second-order valence-electron chi connectivity index (χ2n) is 8.02. The number of urea groups is 1. The Kier molecular flexibility index (Phi) is 4.71. The van der Waals surface area contributed by atoms with Gasteiger partial charge in [0, 0.05) is 10.1 Å².